The minimum absolute atomic E-state index is 0.0154. The zero-order chi connectivity index (χ0) is 16.6. The highest BCUT2D eigenvalue weighted by Gasteiger charge is 2.18. The maximum absolute atomic E-state index is 11.5. The molecule has 8 heteroatoms. The van der Waals surface area contributed by atoms with Crippen molar-refractivity contribution in [3.63, 3.8) is 0 Å². The first-order valence-corrected chi connectivity index (χ1v) is 8.76. The van der Waals surface area contributed by atoms with Crippen molar-refractivity contribution in [2.75, 3.05) is 12.8 Å². The lowest BCUT2D eigenvalue weighted by Gasteiger charge is -2.12. The highest BCUT2D eigenvalue weighted by Crippen LogP contribution is 2.42. The lowest BCUT2D eigenvalue weighted by molar-refractivity contribution is -0.384. The Morgan fingerprint density at radius 3 is 2.55 bits per heavy atom. The monoisotopic (exact) mass is 326 g/mol. The molecule has 1 aromatic carbocycles. The summed E-state index contributed by atoms with van der Waals surface area (Å²) < 4.78 is 16.3. The molecule has 0 radical (unpaired) electrons. The minimum atomic E-state index is -3.51. The number of hydrogen-bond donors (Lipinski definition) is 1. The molecule has 22 heavy (non-hydrogen) atoms. The molecular weight excluding hydrogens is 307 g/mol. The van der Waals surface area contributed by atoms with Crippen molar-refractivity contribution < 1.29 is 18.9 Å². The van der Waals surface area contributed by atoms with E-state index < -0.39 is 12.5 Å². The van der Waals surface area contributed by atoms with E-state index in [4.69, 9.17) is 4.52 Å². The Balaban J connectivity index is 2.51. The number of nitro benzene ring substituents is 1. The number of rotatable bonds is 9. The highest BCUT2D eigenvalue weighted by molar-refractivity contribution is 7.52. The first kappa shape index (κ1) is 18.3. The molecule has 0 bridgehead atoms. The van der Waals surface area contributed by atoms with Crippen LogP contribution in [0.3, 0.4) is 0 Å². The molecule has 1 N–H and O–H groups in total. The van der Waals surface area contributed by atoms with Gasteiger partial charge in [-0.2, -0.15) is 5.26 Å². The molecule has 0 amide bonds. The maximum atomic E-state index is 11.5. The normalized spacial score (nSPS) is 14.8. The van der Waals surface area contributed by atoms with Crippen LogP contribution in [0.25, 0.3) is 0 Å². The summed E-state index contributed by atoms with van der Waals surface area (Å²) in [6.07, 6.45) is 1.69. The first-order chi connectivity index (χ1) is 10.4. The molecule has 0 aliphatic rings. The summed E-state index contributed by atoms with van der Waals surface area (Å²) in [5.74, 6) is -0.383. The molecule has 120 valence electrons. The summed E-state index contributed by atoms with van der Waals surface area (Å²) in [4.78, 5) is 19.5. The molecule has 0 heterocycles. The molecular formula is C14H19N2O5P. The minimum Gasteiger partial charge on any atom is -0.324 e. The molecule has 0 aliphatic carbocycles. The molecule has 2 atom stereocenters. The van der Waals surface area contributed by atoms with E-state index in [1.54, 1.807) is 19.1 Å². The van der Waals surface area contributed by atoms with Crippen LogP contribution in [-0.4, -0.2) is 22.6 Å². The molecule has 1 aromatic rings. The van der Waals surface area contributed by atoms with Crippen LogP contribution in [0.4, 0.5) is 5.69 Å². The summed E-state index contributed by atoms with van der Waals surface area (Å²) in [5, 5.41) is 19.8. The van der Waals surface area contributed by atoms with Crippen molar-refractivity contribution in [3.05, 3.63) is 39.9 Å². The third-order valence-electron chi connectivity index (χ3n) is 3.18. The lowest BCUT2D eigenvalue weighted by Crippen LogP contribution is -1.99. The van der Waals surface area contributed by atoms with E-state index in [2.05, 4.69) is 6.07 Å². The third kappa shape index (κ3) is 5.94. The number of nitro groups is 1. The molecule has 0 saturated heterocycles. The van der Waals surface area contributed by atoms with Gasteiger partial charge < -0.3 is 9.42 Å². The average Bonchev–Trinajstić information content (AvgIpc) is 2.47. The maximum Gasteiger partial charge on any atom is 0.328 e. The van der Waals surface area contributed by atoms with Gasteiger partial charge in [-0.3, -0.25) is 14.7 Å². The van der Waals surface area contributed by atoms with Crippen molar-refractivity contribution in [1.82, 2.24) is 0 Å². The second-order valence-corrected chi connectivity index (χ2v) is 6.79. The number of nitriles is 1. The Kier molecular flexibility index (Phi) is 7.19. The smallest absolute Gasteiger partial charge is 0.324 e. The van der Waals surface area contributed by atoms with Crippen molar-refractivity contribution in [2.24, 2.45) is 0 Å². The van der Waals surface area contributed by atoms with Gasteiger partial charge in [0.25, 0.3) is 5.69 Å². The van der Waals surface area contributed by atoms with E-state index in [1.165, 1.54) is 12.1 Å². The molecule has 2 unspecified atom stereocenters. The van der Waals surface area contributed by atoms with E-state index in [1.807, 2.05) is 0 Å². The summed E-state index contributed by atoms with van der Waals surface area (Å²) in [7, 11) is -3.51. The molecule has 0 saturated carbocycles. The first-order valence-electron chi connectivity index (χ1n) is 7.00. The zero-order valence-electron chi connectivity index (χ0n) is 12.3. The Hall–Kier alpha value is -1.74. The summed E-state index contributed by atoms with van der Waals surface area (Å²) in [6, 6.07) is 8.05. The van der Waals surface area contributed by atoms with Gasteiger partial charge in [-0.1, -0.05) is 18.6 Å². The Bertz CT molecular complexity index is 582. The number of hydrogen-bond acceptors (Lipinski definition) is 5. The number of benzene rings is 1. The fourth-order valence-corrected chi connectivity index (χ4v) is 3.22. The van der Waals surface area contributed by atoms with Crippen molar-refractivity contribution in [1.29, 1.82) is 5.26 Å². The predicted molar refractivity (Wildman–Crippen MR) is 81.6 cm³/mol. The predicted octanol–water partition coefficient (Wildman–Crippen LogP) is 3.59. The van der Waals surface area contributed by atoms with Gasteiger partial charge >= 0.3 is 7.60 Å². The second-order valence-electron chi connectivity index (χ2n) is 4.80. The van der Waals surface area contributed by atoms with Gasteiger partial charge in [-0.15, -0.1) is 0 Å². The van der Waals surface area contributed by atoms with Crippen molar-refractivity contribution >= 4 is 13.3 Å². The van der Waals surface area contributed by atoms with Crippen LogP contribution in [0.5, 0.6) is 0 Å². The zero-order valence-corrected chi connectivity index (χ0v) is 13.2. The Labute approximate surface area is 129 Å². The highest BCUT2D eigenvalue weighted by atomic mass is 31.2. The molecule has 1 rings (SSSR count). The summed E-state index contributed by atoms with van der Waals surface area (Å²) in [5.41, 5.74) is 0.698. The lowest BCUT2D eigenvalue weighted by atomic mass is 9.95. The van der Waals surface area contributed by atoms with Crippen LogP contribution < -0.4 is 0 Å². The molecule has 0 aliphatic heterocycles. The SMILES string of the molecule is CCOP(=O)(O)CCCCC(C#N)c1ccc([N+](=O)[O-])cc1. The Morgan fingerprint density at radius 1 is 1.41 bits per heavy atom. The second kappa shape index (κ2) is 8.64. The number of non-ortho nitro benzene ring substituents is 1. The van der Waals surface area contributed by atoms with Gasteiger partial charge in [0.05, 0.1) is 23.5 Å². The fraction of sp³-hybridized carbons (Fsp3) is 0.500. The van der Waals surface area contributed by atoms with Gasteiger partial charge in [-0.05, 0) is 25.3 Å². The topological polar surface area (TPSA) is 113 Å². The quantitative estimate of drug-likeness (QED) is 0.321. The number of unbranched alkanes of at least 4 members (excludes halogenated alkanes) is 1. The van der Waals surface area contributed by atoms with Crippen LogP contribution in [0.1, 0.15) is 37.7 Å². The van der Waals surface area contributed by atoms with Crippen LogP contribution in [0.15, 0.2) is 24.3 Å². The largest absolute Gasteiger partial charge is 0.328 e. The van der Waals surface area contributed by atoms with E-state index in [9.17, 15) is 24.8 Å². The van der Waals surface area contributed by atoms with E-state index in [-0.39, 0.29) is 24.4 Å². The van der Waals surface area contributed by atoms with Gasteiger partial charge in [0, 0.05) is 18.3 Å². The van der Waals surface area contributed by atoms with Crippen LogP contribution >= 0.6 is 7.60 Å². The van der Waals surface area contributed by atoms with Crippen molar-refractivity contribution in [2.45, 2.75) is 32.1 Å². The molecule has 0 aromatic heterocycles. The van der Waals surface area contributed by atoms with Gasteiger partial charge in [0.15, 0.2) is 0 Å². The summed E-state index contributed by atoms with van der Waals surface area (Å²) in [6.45, 7) is 1.85. The van der Waals surface area contributed by atoms with Crippen LogP contribution in [0.2, 0.25) is 0 Å². The van der Waals surface area contributed by atoms with E-state index >= 15 is 0 Å². The van der Waals surface area contributed by atoms with Gasteiger partial charge in [-0.25, -0.2) is 0 Å². The van der Waals surface area contributed by atoms with E-state index in [0.717, 1.165) is 0 Å². The van der Waals surface area contributed by atoms with Crippen LogP contribution in [-0.2, 0) is 9.09 Å². The number of nitrogens with zero attached hydrogens (tertiary/aromatic N) is 2. The standard InChI is InChI=1S/C14H19N2O5P/c1-2-21-22(19,20)10-4-3-5-13(11-15)12-6-8-14(9-7-12)16(17)18/h6-9,13H,2-5,10H2,1H3,(H,19,20). The summed E-state index contributed by atoms with van der Waals surface area (Å²) >= 11 is 0. The third-order valence-corrected chi connectivity index (χ3v) is 4.72. The molecule has 7 nitrogen and oxygen atoms in total. The van der Waals surface area contributed by atoms with E-state index in [0.29, 0.717) is 24.8 Å². The molecule has 0 fully saturated rings. The van der Waals surface area contributed by atoms with Gasteiger partial charge in [0.1, 0.15) is 0 Å². The molecule has 0 spiro atoms. The Morgan fingerprint density at radius 2 is 2.05 bits per heavy atom. The van der Waals surface area contributed by atoms with Crippen molar-refractivity contribution in [3.8, 4) is 6.07 Å². The van der Waals surface area contributed by atoms with Gasteiger partial charge in [0.2, 0.25) is 0 Å². The van der Waals surface area contributed by atoms with Crippen LogP contribution in [0, 0.1) is 21.4 Å². The average molecular weight is 326 g/mol. The fourth-order valence-electron chi connectivity index (χ4n) is 2.06.